The molecular formula is C17H15N3O. The largest absolute Gasteiger partial charge is 0.379 e. The minimum atomic E-state index is -0.428. The second kappa shape index (κ2) is 5.63. The van der Waals surface area contributed by atoms with Crippen molar-refractivity contribution in [3.05, 3.63) is 71.9 Å². The fourth-order valence-electron chi connectivity index (χ4n) is 2.18. The van der Waals surface area contributed by atoms with Crippen LogP contribution in [0, 0.1) is 0 Å². The first-order valence-corrected chi connectivity index (χ1v) is 6.71. The van der Waals surface area contributed by atoms with Crippen LogP contribution >= 0.6 is 0 Å². The van der Waals surface area contributed by atoms with Crippen LogP contribution in [0.1, 0.15) is 16.1 Å². The van der Waals surface area contributed by atoms with Crippen LogP contribution in [0.5, 0.6) is 0 Å². The van der Waals surface area contributed by atoms with Gasteiger partial charge in [0.1, 0.15) is 0 Å². The molecule has 3 rings (SSSR count). The van der Waals surface area contributed by atoms with Crippen molar-refractivity contribution in [1.82, 2.24) is 4.98 Å². The quantitative estimate of drug-likeness (QED) is 0.770. The highest BCUT2D eigenvalue weighted by Crippen LogP contribution is 2.14. The molecule has 1 heterocycles. The van der Waals surface area contributed by atoms with Gasteiger partial charge in [-0.3, -0.25) is 9.78 Å². The normalized spacial score (nSPS) is 10.5. The van der Waals surface area contributed by atoms with E-state index in [1.807, 2.05) is 36.4 Å². The predicted octanol–water partition coefficient (Wildman–Crippen LogP) is 2.95. The lowest BCUT2D eigenvalue weighted by molar-refractivity contribution is 0.100. The van der Waals surface area contributed by atoms with Gasteiger partial charge in [0.15, 0.2) is 0 Å². The molecule has 2 aromatic carbocycles. The minimum Gasteiger partial charge on any atom is -0.379 e. The lowest BCUT2D eigenvalue weighted by atomic mass is 10.2. The highest BCUT2D eigenvalue weighted by Gasteiger charge is 2.02. The van der Waals surface area contributed by atoms with Crippen molar-refractivity contribution in [2.45, 2.75) is 6.54 Å². The minimum absolute atomic E-state index is 0.428. The SMILES string of the molecule is NC(=O)c1cccc(NCc2ccc3ccccc3n2)c1. The summed E-state index contributed by atoms with van der Waals surface area (Å²) in [6, 6.07) is 19.2. The van der Waals surface area contributed by atoms with Crippen LogP contribution in [-0.4, -0.2) is 10.9 Å². The first-order valence-electron chi connectivity index (χ1n) is 6.71. The van der Waals surface area contributed by atoms with E-state index in [1.165, 1.54) is 0 Å². The van der Waals surface area contributed by atoms with Crippen molar-refractivity contribution in [3.8, 4) is 0 Å². The number of benzene rings is 2. The Hall–Kier alpha value is -2.88. The number of anilines is 1. The molecule has 0 saturated carbocycles. The van der Waals surface area contributed by atoms with Crippen molar-refractivity contribution in [3.63, 3.8) is 0 Å². The number of para-hydroxylation sites is 1. The molecule has 1 aromatic heterocycles. The summed E-state index contributed by atoms with van der Waals surface area (Å²) in [5, 5.41) is 4.37. The van der Waals surface area contributed by atoms with E-state index in [0.29, 0.717) is 12.1 Å². The Balaban J connectivity index is 1.77. The molecule has 0 aliphatic heterocycles. The topological polar surface area (TPSA) is 68.0 Å². The Bertz CT molecular complexity index is 799. The average molecular weight is 277 g/mol. The number of pyridine rings is 1. The van der Waals surface area contributed by atoms with Crippen molar-refractivity contribution in [1.29, 1.82) is 0 Å². The molecule has 104 valence electrons. The van der Waals surface area contributed by atoms with E-state index in [0.717, 1.165) is 22.3 Å². The summed E-state index contributed by atoms with van der Waals surface area (Å²) in [5.41, 5.74) is 8.53. The molecule has 21 heavy (non-hydrogen) atoms. The Morgan fingerprint density at radius 1 is 1.05 bits per heavy atom. The molecule has 4 heteroatoms. The van der Waals surface area contributed by atoms with E-state index >= 15 is 0 Å². The molecule has 0 unspecified atom stereocenters. The summed E-state index contributed by atoms with van der Waals surface area (Å²) in [7, 11) is 0. The fraction of sp³-hybridized carbons (Fsp3) is 0.0588. The van der Waals surface area contributed by atoms with Gasteiger partial charge in [0.2, 0.25) is 5.91 Å². The second-order valence-electron chi connectivity index (χ2n) is 4.79. The van der Waals surface area contributed by atoms with Crippen molar-refractivity contribution in [2.24, 2.45) is 5.73 Å². The van der Waals surface area contributed by atoms with Crippen LogP contribution in [0.25, 0.3) is 10.9 Å². The lowest BCUT2D eigenvalue weighted by Gasteiger charge is -2.08. The summed E-state index contributed by atoms with van der Waals surface area (Å²) in [6.07, 6.45) is 0. The molecule has 0 fully saturated rings. The van der Waals surface area contributed by atoms with Crippen molar-refractivity contribution >= 4 is 22.5 Å². The molecule has 0 aliphatic rings. The Morgan fingerprint density at radius 2 is 1.90 bits per heavy atom. The number of carbonyl (C=O) groups is 1. The maximum atomic E-state index is 11.2. The highest BCUT2D eigenvalue weighted by molar-refractivity contribution is 5.93. The number of nitrogens with one attached hydrogen (secondary N) is 1. The van der Waals surface area contributed by atoms with Crippen molar-refractivity contribution < 1.29 is 4.79 Å². The van der Waals surface area contributed by atoms with E-state index in [-0.39, 0.29) is 0 Å². The van der Waals surface area contributed by atoms with E-state index < -0.39 is 5.91 Å². The van der Waals surface area contributed by atoms with Gasteiger partial charge in [0, 0.05) is 16.6 Å². The van der Waals surface area contributed by atoms with Crippen LogP contribution in [0.4, 0.5) is 5.69 Å². The molecule has 0 bridgehead atoms. The molecule has 0 spiro atoms. The van der Waals surface area contributed by atoms with Gasteiger partial charge in [-0.25, -0.2) is 0 Å². The van der Waals surface area contributed by atoms with Crippen LogP contribution < -0.4 is 11.1 Å². The van der Waals surface area contributed by atoms with Gasteiger partial charge in [0.05, 0.1) is 17.8 Å². The van der Waals surface area contributed by atoms with Crippen LogP contribution in [0.3, 0.4) is 0 Å². The third-order valence-electron chi connectivity index (χ3n) is 3.28. The number of hydrogen-bond acceptors (Lipinski definition) is 3. The number of carbonyl (C=O) groups excluding carboxylic acids is 1. The molecule has 0 radical (unpaired) electrons. The molecule has 0 atom stereocenters. The average Bonchev–Trinajstić information content (AvgIpc) is 2.53. The van der Waals surface area contributed by atoms with E-state index in [4.69, 9.17) is 5.73 Å². The molecule has 3 aromatic rings. The molecule has 1 amide bonds. The van der Waals surface area contributed by atoms with Crippen molar-refractivity contribution in [2.75, 3.05) is 5.32 Å². The molecular weight excluding hydrogens is 262 g/mol. The van der Waals surface area contributed by atoms with Crippen LogP contribution in [0.2, 0.25) is 0 Å². The van der Waals surface area contributed by atoms with Gasteiger partial charge in [-0.1, -0.05) is 30.3 Å². The zero-order valence-corrected chi connectivity index (χ0v) is 11.4. The van der Waals surface area contributed by atoms with Gasteiger partial charge in [-0.05, 0) is 30.3 Å². The fourth-order valence-corrected chi connectivity index (χ4v) is 2.18. The van der Waals surface area contributed by atoms with Gasteiger partial charge < -0.3 is 11.1 Å². The van der Waals surface area contributed by atoms with E-state index in [1.54, 1.807) is 18.2 Å². The first-order chi connectivity index (χ1) is 10.2. The van der Waals surface area contributed by atoms with Crippen LogP contribution in [0.15, 0.2) is 60.7 Å². The maximum Gasteiger partial charge on any atom is 0.248 e. The summed E-state index contributed by atoms with van der Waals surface area (Å²) in [6.45, 7) is 0.590. The standard InChI is InChI=1S/C17H15N3O/c18-17(21)13-5-3-6-14(10-13)19-11-15-9-8-12-4-1-2-7-16(12)20-15/h1-10,19H,11H2,(H2,18,21). The third-order valence-corrected chi connectivity index (χ3v) is 3.28. The number of primary amides is 1. The number of aromatic nitrogens is 1. The van der Waals surface area contributed by atoms with Gasteiger partial charge >= 0.3 is 0 Å². The zero-order valence-electron chi connectivity index (χ0n) is 11.4. The smallest absolute Gasteiger partial charge is 0.248 e. The number of hydrogen-bond donors (Lipinski definition) is 2. The number of rotatable bonds is 4. The number of nitrogens with zero attached hydrogens (tertiary/aromatic N) is 1. The van der Waals surface area contributed by atoms with Gasteiger partial charge in [0.25, 0.3) is 0 Å². The Morgan fingerprint density at radius 3 is 2.76 bits per heavy atom. The summed E-state index contributed by atoms with van der Waals surface area (Å²) >= 11 is 0. The van der Waals surface area contributed by atoms with Gasteiger partial charge in [-0.15, -0.1) is 0 Å². The Labute approximate surface area is 122 Å². The third kappa shape index (κ3) is 3.00. The number of fused-ring (bicyclic) bond motifs is 1. The zero-order chi connectivity index (χ0) is 14.7. The van der Waals surface area contributed by atoms with E-state index in [9.17, 15) is 4.79 Å². The summed E-state index contributed by atoms with van der Waals surface area (Å²) in [5.74, 6) is -0.428. The summed E-state index contributed by atoms with van der Waals surface area (Å²) in [4.78, 5) is 15.7. The first kappa shape index (κ1) is 13.1. The predicted molar refractivity (Wildman–Crippen MR) is 84.0 cm³/mol. The number of nitrogens with two attached hydrogens (primary N) is 1. The highest BCUT2D eigenvalue weighted by atomic mass is 16.1. The Kier molecular flexibility index (Phi) is 3.51. The number of amides is 1. The van der Waals surface area contributed by atoms with Gasteiger partial charge in [-0.2, -0.15) is 0 Å². The van der Waals surface area contributed by atoms with E-state index in [2.05, 4.69) is 16.4 Å². The monoisotopic (exact) mass is 277 g/mol. The molecule has 3 N–H and O–H groups in total. The molecule has 0 saturated heterocycles. The lowest BCUT2D eigenvalue weighted by Crippen LogP contribution is -2.11. The second-order valence-corrected chi connectivity index (χ2v) is 4.79. The molecule has 4 nitrogen and oxygen atoms in total. The summed E-state index contributed by atoms with van der Waals surface area (Å²) < 4.78 is 0. The molecule has 0 aliphatic carbocycles. The maximum absolute atomic E-state index is 11.2. The van der Waals surface area contributed by atoms with Crippen LogP contribution in [-0.2, 0) is 6.54 Å².